The van der Waals surface area contributed by atoms with Gasteiger partial charge in [-0.05, 0) is 13.0 Å². The van der Waals surface area contributed by atoms with Crippen LogP contribution in [0.4, 0.5) is 5.13 Å². The molecule has 0 unspecified atom stereocenters. The molecule has 1 aromatic carbocycles. The van der Waals surface area contributed by atoms with Crippen LogP contribution in [0.1, 0.15) is 16.1 Å². The molecule has 0 aliphatic carbocycles. The number of rotatable bonds is 2. The van der Waals surface area contributed by atoms with Gasteiger partial charge in [-0.25, -0.2) is 4.98 Å². The van der Waals surface area contributed by atoms with Gasteiger partial charge in [0.1, 0.15) is 13.2 Å². The topological polar surface area (TPSA) is 73.6 Å². The molecule has 22 heavy (non-hydrogen) atoms. The second-order valence-corrected chi connectivity index (χ2v) is 5.90. The summed E-state index contributed by atoms with van der Waals surface area (Å²) in [5, 5.41) is 3.27. The van der Waals surface area contributed by atoms with Gasteiger partial charge in [0.2, 0.25) is 0 Å². The third-order valence-electron chi connectivity index (χ3n) is 3.34. The van der Waals surface area contributed by atoms with Crippen LogP contribution in [-0.4, -0.2) is 24.1 Å². The smallest absolute Gasteiger partial charge is 0.293 e. The summed E-state index contributed by atoms with van der Waals surface area (Å²) in [7, 11) is 0. The van der Waals surface area contributed by atoms with Crippen molar-refractivity contribution in [3.63, 3.8) is 0 Å². The largest absolute Gasteiger partial charge is 0.486 e. The zero-order chi connectivity index (χ0) is 15.1. The van der Waals surface area contributed by atoms with Gasteiger partial charge in [-0.3, -0.25) is 10.1 Å². The van der Waals surface area contributed by atoms with Gasteiger partial charge in [0.25, 0.3) is 5.91 Å². The second-order valence-electron chi connectivity index (χ2n) is 4.87. The van der Waals surface area contributed by atoms with Crippen LogP contribution in [0.25, 0.3) is 10.2 Å². The Bertz CT molecular complexity index is 825. The van der Waals surface area contributed by atoms with Gasteiger partial charge in [0, 0.05) is 17.7 Å². The first-order chi connectivity index (χ1) is 10.7. The summed E-state index contributed by atoms with van der Waals surface area (Å²) >= 11 is 1.38. The predicted molar refractivity (Wildman–Crippen MR) is 82.0 cm³/mol. The number of hydrogen-bond acceptors (Lipinski definition) is 6. The summed E-state index contributed by atoms with van der Waals surface area (Å²) in [4.78, 5) is 16.6. The van der Waals surface area contributed by atoms with Gasteiger partial charge in [0.05, 0.1) is 16.5 Å². The number of furan rings is 1. The van der Waals surface area contributed by atoms with Gasteiger partial charge in [-0.1, -0.05) is 11.3 Å². The lowest BCUT2D eigenvalue weighted by Gasteiger charge is -2.17. The molecule has 112 valence electrons. The van der Waals surface area contributed by atoms with Crippen molar-refractivity contribution in [2.75, 3.05) is 18.5 Å². The fraction of sp³-hybridized carbons (Fsp3) is 0.200. The first-order valence-electron chi connectivity index (χ1n) is 6.76. The molecule has 0 saturated heterocycles. The average Bonchev–Trinajstić information content (AvgIpc) is 3.09. The Labute approximate surface area is 129 Å². The van der Waals surface area contributed by atoms with Gasteiger partial charge >= 0.3 is 0 Å². The standard InChI is InChI=1S/C15H12N2O4S/c1-8-2-3-21-13(8)14(18)17-15-16-9-6-10-11(7-12(9)22-15)20-5-4-19-10/h2-3,6-7H,4-5H2,1H3,(H,16,17,18). The molecule has 7 heteroatoms. The Morgan fingerprint density at radius 3 is 2.77 bits per heavy atom. The van der Waals surface area contributed by atoms with E-state index in [4.69, 9.17) is 13.9 Å². The Morgan fingerprint density at radius 2 is 2.05 bits per heavy atom. The molecule has 1 amide bonds. The van der Waals surface area contributed by atoms with Gasteiger partial charge in [0.15, 0.2) is 22.4 Å². The number of hydrogen-bond donors (Lipinski definition) is 1. The van der Waals surface area contributed by atoms with E-state index in [0.29, 0.717) is 35.6 Å². The number of carbonyl (C=O) groups excluding carboxylic acids is 1. The molecule has 6 nitrogen and oxygen atoms in total. The van der Waals surface area contributed by atoms with Crippen LogP contribution < -0.4 is 14.8 Å². The van der Waals surface area contributed by atoms with E-state index in [9.17, 15) is 4.79 Å². The van der Waals surface area contributed by atoms with Crippen LogP contribution >= 0.6 is 11.3 Å². The van der Waals surface area contributed by atoms with E-state index in [2.05, 4.69) is 10.3 Å². The summed E-state index contributed by atoms with van der Waals surface area (Å²) in [5.41, 5.74) is 1.55. The first kappa shape index (κ1) is 13.1. The summed E-state index contributed by atoms with van der Waals surface area (Å²) in [6.45, 7) is 2.89. The number of ether oxygens (including phenoxy) is 2. The third kappa shape index (κ3) is 2.19. The number of carbonyl (C=O) groups is 1. The molecule has 0 spiro atoms. The number of amides is 1. The van der Waals surface area contributed by atoms with E-state index >= 15 is 0 Å². The molecule has 1 aliphatic rings. The van der Waals surface area contributed by atoms with E-state index in [1.54, 1.807) is 6.07 Å². The molecule has 0 atom stereocenters. The predicted octanol–water partition coefficient (Wildman–Crippen LogP) is 3.22. The Morgan fingerprint density at radius 1 is 1.27 bits per heavy atom. The molecule has 0 fully saturated rings. The minimum atomic E-state index is -0.307. The lowest BCUT2D eigenvalue weighted by Crippen LogP contribution is -2.15. The zero-order valence-electron chi connectivity index (χ0n) is 11.7. The number of aromatic nitrogens is 1. The molecule has 3 heterocycles. The zero-order valence-corrected chi connectivity index (χ0v) is 12.5. The highest BCUT2D eigenvalue weighted by molar-refractivity contribution is 7.22. The normalized spacial score (nSPS) is 13.3. The second kappa shape index (κ2) is 5.03. The van der Waals surface area contributed by atoms with Crippen molar-refractivity contribution >= 4 is 32.6 Å². The first-order valence-corrected chi connectivity index (χ1v) is 7.58. The van der Waals surface area contributed by atoms with Crippen molar-refractivity contribution in [3.05, 3.63) is 35.8 Å². The molecule has 1 aliphatic heterocycles. The van der Waals surface area contributed by atoms with Crippen molar-refractivity contribution in [1.29, 1.82) is 0 Å². The summed E-state index contributed by atoms with van der Waals surface area (Å²) in [6, 6.07) is 5.46. The monoisotopic (exact) mass is 316 g/mol. The average molecular weight is 316 g/mol. The molecule has 0 bridgehead atoms. The van der Waals surface area contributed by atoms with E-state index in [1.165, 1.54) is 17.6 Å². The molecule has 0 saturated carbocycles. The summed E-state index contributed by atoms with van der Waals surface area (Å²) < 4.78 is 17.2. The molecule has 3 aromatic rings. The SMILES string of the molecule is Cc1ccoc1C(=O)Nc1nc2cc3c(cc2s1)OCCO3. The number of thiazole rings is 1. The third-order valence-corrected chi connectivity index (χ3v) is 4.27. The van der Waals surface area contributed by atoms with Crippen LogP contribution in [0.15, 0.2) is 28.9 Å². The van der Waals surface area contributed by atoms with Gasteiger partial charge in [-0.2, -0.15) is 0 Å². The van der Waals surface area contributed by atoms with Crippen molar-refractivity contribution in [1.82, 2.24) is 4.98 Å². The Balaban J connectivity index is 1.65. The lowest BCUT2D eigenvalue weighted by atomic mass is 10.3. The van der Waals surface area contributed by atoms with Crippen LogP contribution in [0.3, 0.4) is 0 Å². The number of nitrogens with zero attached hydrogens (tertiary/aromatic N) is 1. The fourth-order valence-electron chi connectivity index (χ4n) is 2.28. The maximum atomic E-state index is 12.1. The minimum absolute atomic E-state index is 0.296. The minimum Gasteiger partial charge on any atom is -0.486 e. The van der Waals surface area contributed by atoms with Crippen LogP contribution in [0, 0.1) is 6.92 Å². The molecular weight excluding hydrogens is 304 g/mol. The van der Waals surface area contributed by atoms with Crippen molar-refractivity contribution in [3.8, 4) is 11.5 Å². The van der Waals surface area contributed by atoms with Crippen molar-refractivity contribution < 1.29 is 18.7 Å². The molecule has 2 aromatic heterocycles. The van der Waals surface area contributed by atoms with Crippen molar-refractivity contribution in [2.45, 2.75) is 6.92 Å². The maximum absolute atomic E-state index is 12.1. The number of aryl methyl sites for hydroxylation is 1. The van der Waals surface area contributed by atoms with E-state index in [0.717, 1.165) is 15.8 Å². The highest BCUT2D eigenvalue weighted by Gasteiger charge is 2.18. The fourth-order valence-corrected chi connectivity index (χ4v) is 3.15. The van der Waals surface area contributed by atoms with Crippen LogP contribution in [0.2, 0.25) is 0 Å². The number of nitrogens with one attached hydrogen (secondary N) is 1. The molecule has 0 radical (unpaired) electrons. The van der Waals surface area contributed by atoms with Gasteiger partial charge in [-0.15, -0.1) is 0 Å². The highest BCUT2D eigenvalue weighted by atomic mass is 32.1. The number of benzene rings is 1. The van der Waals surface area contributed by atoms with Crippen LogP contribution in [-0.2, 0) is 0 Å². The molecule has 1 N–H and O–H groups in total. The van der Waals surface area contributed by atoms with E-state index in [-0.39, 0.29) is 5.91 Å². The Kier molecular flexibility index (Phi) is 3.00. The maximum Gasteiger partial charge on any atom is 0.293 e. The van der Waals surface area contributed by atoms with E-state index < -0.39 is 0 Å². The number of anilines is 1. The van der Waals surface area contributed by atoms with Crippen LogP contribution in [0.5, 0.6) is 11.5 Å². The van der Waals surface area contributed by atoms with E-state index in [1.807, 2.05) is 19.1 Å². The highest BCUT2D eigenvalue weighted by Crippen LogP contribution is 2.37. The Hall–Kier alpha value is -2.54. The molecule has 4 rings (SSSR count). The summed E-state index contributed by atoms with van der Waals surface area (Å²) in [5.74, 6) is 1.38. The summed E-state index contributed by atoms with van der Waals surface area (Å²) in [6.07, 6.45) is 1.49. The number of fused-ring (bicyclic) bond motifs is 2. The lowest BCUT2D eigenvalue weighted by molar-refractivity contribution is 0.0996. The van der Waals surface area contributed by atoms with Crippen molar-refractivity contribution in [2.24, 2.45) is 0 Å². The molecular formula is C15H12N2O4S. The van der Waals surface area contributed by atoms with Gasteiger partial charge < -0.3 is 13.9 Å². The quantitative estimate of drug-likeness (QED) is 0.786.